The summed E-state index contributed by atoms with van der Waals surface area (Å²) < 4.78 is 11.3. The van der Waals surface area contributed by atoms with Crippen molar-refractivity contribution < 1.29 is 13.9 Å². The molecule has 3 nitrogen and oxygen atoms in total. The van der Waals surface area contributed by atoms with Crippen molar-refractivity contribution in [2.24, 2.45) is 0 Å². The van der Waals surface area contributed by atoms with Gasteiger partial charge in [0, 0.05) is 0 Å². The van der Waals surface area contributed by atoms with Gasteiger partial charge < -0.3 is 9.15 Å². The summed E-state index contributed by atoms with van der Waals surface area (Å²) in [4.78, 5) is 12.4. The van der Waals surface area contributed by atoms with E-state index in [9.17, 15) is 4.79 Å². The minimum atomic E-state index is -2.07. The summed E-state index contributed by atoms with van der Waals surface area (Å²) >= 11 is 0. The fourth-order valence-electron chi connectivity index (χ4n) is 4.04. The molecule has 0 aliphatic rings. The van der Waals surface area contributed by atoms with Gasteiger partial charge in [-0.3, -0.25) is 0 Å². The Hall–Kier alpha value is -3.16. The predicted molar refractivity (Wildman–Crippen MR) is 128 cm³/mol. The van der Waals surface area contributed by atoms with Crippen LogP contribution in [0.25, 0.3) is 0 Å². The number of furan rings is 1. The van der Waals surface area contributed by atoms with Crippen molar-refractivity contribution >= 4 is 29.1 Å². The molecule has 0 amide bonds. The van der Waals surface area contributed by atoms with Crippen LogP contribution in [0.15, 0.2) is 101 Å². The monoisotopic (exact) mass is 429 g/mol. The minimum Gasteiger partial charge on any atom is -0.462 e. The molecule has 0 unspecified atom stereocenters. The van der Waals surface area contributed by atoms with Gasteiger partial charge in [-0.25, -0.2) is 4.79 Å². The van der Waals surface area contributed by atoms with Crippen LogP contribution < -0.4 is 15.9 Å². The van der Waals surface area contributed by atoms with Crippen LogP contribution >= 0.6 is 7.26 Å². The fourth-order valence-corrected chi connectivity index (χ4v) is 8.14. The fraction of sp³-hybridized carbons (Fsp3) is 0.148. The Bertz CT molecular complexity index is 1040. The van der Waals surface area contributed by atoms with Crippen LogP contribution in [0.2, 0.25) is 0 Å². The van der Waals surface area contributed by atoms with Gasteiger partial charge in [0.2, 0.25) is 0 Å². The van der Waals surface area contributed by atoms with E-state index in [-0.39, 0.29) is 5.97 Å². The van der Waals surface area contributed by atoms with Crippen LogP contribution in [0.5, 0.6) is 0 Å². The molecule has 0 spiro atoms. The minimum absolute atomic E-state index is 0.335. The van der Waals surface area contributed by atoms with Gasteiger partial charge in [-0.05, 0) is 56.3 Å². The van der Waals surface area contributed by atoms with Gasteiger partial charge in [0.15, 0.2) is 0 Å². The van der Waals surface area contributed by atoms with E-state index in [1.54, 1.807) is 0 Å². The average Bonchev–Trinajstić information content (AvgIpc) is 3.19. The zero-order chi connectivity index (χ0) is 21.7. The Morgan fingerprint density at radius 2 is 1.26 bits per heavy atom. The Morgan fingerprint density at radius 3 is 1.68 bits per heavy atom. The van der Waals surface area contributed by atoms with Gasteiger partial charge in [-0.1, -0.05) is 54.6 Å². The molecule has 1 heterocycles. The lowest BCUT2D eigenvalue weighted by molar-refractivity contribution is 0.0524. The smallest absolute Gasteiger partial charge is 0.341 e. The number of hydrogen-bond acceptors (Lipinski definition) is 3. The topological polar surface area (TPSA) is 39.4 Å². The first kappa shape index (κ1) is 21.1. The first-order chi connectivity index (χ1) is 15.1. The highest BCUT2D eigenvalue weighted by atomic mass is 31.2. The quantitative estimate of drug-likeness (QED) is 0.297. The van der Waals surface area contributed by atoms with E-state index < -0.39 is 7.26 Å². The summed E-state index contributed by atoms with van der Waals surface area (Å²) in [6.45, 7) is 3.97. The van der Waals surface area contributed by atoms with Gasteiger partial charge in [0.1, 0.15) is 46.4 Å². The van der Waals surface area contributed by atoms with Crippen molar-refractivity contribution in [1.82, 2.24) is 0 Å². The predicted octanol–water partition coefficient (Wildman–Crippen LogP) is 5.26. The highest BCUT2D eigenvalue weighted by Crippen LogP contribution is 2.58. The number of rotatable bonds is 7. The lowest BCUT2D eigenvalue weighted by Crippen LogP contribution is -2.32. The molecule has 31 heavy (non-hydrogen) atoms. The number of ether oxygens (including phenoxy) is 1. The lowest BCUT2D eigenvalue weighted by atomic mass is 10.2. The molecule has 4 heteroatoms. The third-order valence-corrected chi connectivity index (χ3v) is 9.77. The molecular formula is C27H26O3P+. The van der Waals surface area contributed by atoms with Crippen LogP contribution in [0.4, 0.5) is 0 Å². The standard InChI is InChI=1S/C27H26O3P/c1-3-29-27(28)26-19-22(30-21(26)2)20-31(23-13-7-4-8-14-23,24-15-9-5-10-16-24)25-17-11-6-12-18-25/h4-19H,3,20H2,1-2H3/q+1. The molecule has 0 aliphatic carbocycles. The molecule has 0 bridgehead atoms. The number of aryl methyl sites for hydroxylation is 1. The second-order valence-electron chi connectivity index (χ2n) is 7.38. The Balaban J connectivity index is 1.91. The van der Waals surface area contributed by atoms with Gasteiger partial charge in [-0.2, -0.15) is 0 Å². The first-order valence-corrected chi connectivity index (χ1v) is 12.4. The van der Waals surface area contributed by atoms with Gasteiger partial charge in [-0.15, -0.1) is 0 Å². The molecule has 0 saturated carbocycles. The normalized spacial score (nSPS) is 11.3. The maximum atomic E-state index is 12.4. The van der Waals surface area contributed by atoms with Crippen molar-refractivity contribution in [2.75, 3.05) is 6.61 Å². The van der Waals surface area contributed by atoms with Crippen LogP contribution in [-0.4, -0.2) is 12.6 Å². The van der Waals surface area contributed by atoms with E-state index in [1.807, 2.05) is 38.1 Å². The first-order valence-electron chi connectivity index (χ1n) is 10.5. The van der Waals surface area contributed by atoms with Crippen molar-refractivity contribution in [3.8, 4) is 0 Å². The van der Waals surface area contributed by atoms with Crippen molar-refractivity contribution in [2.45, 2.75) is 20.0 Å². The van der Waals surface area contributed by atoms with Crippen LogP contribution in [0, 0.1) is 6.92 Å². The third-order valence-electron chi connectivity index (χ3n) is 5.45. The largest absolute Gasteiger partial charge is 0.462 e. The van der Waals surface area contributed by atoms with Crippen molar-refractivity contribution in [1.29, 1.82) is 0 Å². The molecule has 0 aliphatic heterocycles. The number of carbonyl (C=O) groups excluding carboxylic acids is 1. The zero-order valence-corrected chi connectivity index (χ0v) is 18.7. The van der Waals surface area contributed by atoms with Crippen molar-refractivity contribution in [3.05, 3.63) is 114 Å². The van der Waals surface area contributed by atoms with Crippen molar-refractivity contribution in [3.63, 3.8) is 0 Å². The average molecular weight is 429 g/mol. The summed E-state index contributed by atoms with van der Waals surface area (Å²) in [6, 6.07) is 33.8. The van der Waals surface area contributed by atoms with Gasteiger partial charge in [0.05, 0.1) is 6.61 Å². The summed E-state index contributed by atoms with van der Waals surface area (Å²) in [7, 11) is -2.07. The van der Waals surface area contributed by atoms with E-state index >= 15 is 0 Å². The number of esters is 1. The lowest BCUT2D eigenvalue weighted by Gasteiger charge is -2.26. The summed E-state index contributed by atoms with van der Waals surface area (Å²) in [5.41, 5.74) is 0.504. The molecule has 3 aromatic carbocycles. The maximum absolute atomic E-state index is 12.4. The second-order valence-corrected chi connectivity index (χ2v) is 10.9. The van der Waals surface area contributed by atoms with Crippen LogP contribution in [0.1, 0.15) is 28.8 Å². The summed E-state index contributed by atoms with van der Waals surface area (Å²) in [5, 5.41) is 3.83. The highest BCUT2D eigenvalue weighted by molar-refractivity contribution is 7.95. The van der Waals surface area contributed by atoms with E-state index in [0.717, 1.165) is 5.76 Å². The van der Waals surface area contributed by atoms with E-state index in [1.165, 1.54) is 15.9 Å². The molecular weight excluding hydrogens is 403 g/mol. The van der Waals surface area contributed by atoms with E-state index in [4.69, 9.17) is 9.15 Å². The summed E-state index contributed by atoms with van der Waals surface area (Å²) in [5.74, 6) is 1.06. The third kappa shape index (κ3) is 4.19. The molecule has 4 rings (SSSR count). The SMILES string of the molecule is CCOC(=O)c1cc(C[P+](c2ccccc2)(c2ccccc2)c2ccccc2)oc1C. The number of hydrogen-bond donors (Lipinski definition) is 0. The molecule has 1 aromatic heterocycles. The number of carbonyl (C=O) groups is 1. The number of benzene rings is 3. The Kier molecular flexibility index (Phi) is 6.34. The Morgan fingerprint density at radius 1 is 0.806 bits per heavy atom. The van der Waals surface area contributed by atoms with Crippen LogP contribution in [0.3, 0.4) is 0 Å². The molecule has 0 radical (unpaired) electrons. The zero-order valence-electron chi connectivity index (χ0n) is 17.8. The summed E-state index contributed by atoms with van der Waals surface area (Å²) in [6.07, 6.45) is 0.686. The maximum Gasteiger partial charge on any atom is 0.341 e. The molecule has 156 valence electrons. The van der Waals surface area contributed by atoms with E-state index in [2.05, 4.69) is 72.8 Å². The second kappa shape index (κ2) is 9.32. The Labute approximate surface area is 184 Å². The molecule has 0 fully saturated rings. The van der Waals surface area contributed by atoms with Crippen LogP contribution in [-0.2, 0) is 10.9 Å². The molecule has 4 aromatic rings. The molecule has 0 saturated heterocycles. The van der Waals surface area contributed by atoms with E-state index in [0.29, 0.717) is 24.1 Å². The van der Waals surface area contributed by atoms with Gasteiger partial charge >= 0.3 is 5.97 Å². The molecule has 0 N–H and O–H groups in total. The van der Waals surface area contributed by atoms with Gasteiger partial charge in [0.25, 0.3) is 0 Å². The molecule has 0 atom stereocenters. The highest BCUT2D eigenvalue weighted by Gasteiger charge is 2.46.